The Hall–Kier alpha value is -1.31. The maximum atomic E-state index is 12.2. The molecule has 0 saturated carbocycles. The van der Waals surface area contributed by atoms with Gasteiger partial charge >= 0.3 is 0 Å². The number of carbonyl (C=O) groups is 1. The third kappa shape index (κ3) is 5.47. The van der Waals surface area contributed by atoms with Crippen LogP contribution in [0, 0.1) is 6.92 Å². The number of aryl methyl sites for hydroxylation is 1. The number of sulfonamides is 1. The number of hydrogen-bond donors (Lipinski definition) is 3. The molecule has 1 fully saturated rings. The molecule has 0 spiro atoms. The van der Waals surface area contributed by atoms with E-state index in [2.05, 4.69) is 15.4 Å². The minimum absolute atomic E-state index is 0. The van der Waals surface area contributed by atoms with Crippen LogP contribution in [0.1, 0.15) is 28.8 Å². The first-order valence-corrected chi connectivity index (χ1v) is 8.84. The number of amides is 1. The molecule has 1 saturated heterocycles. The van der Waals surface area contributed by atoms with E-state index in [0.717, 1.165) is 37.8 Å². The normalized spacial score (nSPS) is 18.2. The second kappa shape index (κ2) is 7.80. The third-order valence-electron chi connectivity index (χ3n) is 3.43. The summed E-state index contributed by atoms with van der Waals surface area (Å²) in [5, 5.41) is 6.20. The molecule has 0 aromatic heterocycles. The first-order chi connectivity index (χ1) is 9.85. The van der Waals surface area contributed by atoms with Gasteiger partial charge in [-0.15, -0.1) is 12.4 Å². The van der Waals surface area contributed by atoms with Gasteiger partial charge in [0.15, 0.2) is 0 Å². The summed E-state index contributed by atoms with van der Waals surface area (Å²) in [5.74, 6) is -0.180. The van der Waals surface area contributed by atoms with E-state index in [1.165, 1.54) is 0 Å². The Balaban J connectivity index is 0.00000242. The quantitative estimate of drug-likeness (QED) is 0.765. The molecule has 6 nitrogen and oxygen atoms in total. The van der Waals surface area contributed by atoms with Crippen LogP contribution < -0.4 is 15.4 Å². The van der Waals surface area contributed by atoms with E-state index in [1.807, 2.05) is 0 Å². The van der Waals surface area contributed by atoms with Crippen molar-refractivity contribution < 1.29 is 13.2 Å². The van der Waals surface area contributed by atoms with Crippen LogP contribution in [0.25, 0.3) is 0 Å². The number of nitrogens with one attached hydrogen (secondary N) is 3. The highest BCUT2D eigenvalue weighted by Gasteiger charge is 2.17. The lowest BCUT2D eigenvalue weighted by atomic mass is 10.1. The number of anilines is 1. The highest BCUT2D eigenvalue weighted by atomic mass is 35.5. The van der Waals surface area contributed by atoms with Crippen molar-refractivity contribution in [3.8, 4) is 0 Å². The average Bonchev–Trinajstić information content (AvgIpc) is 2.41. The highest BCUT2D eigenvalue weighted by molar-refractivity contribution is 7.92. The molecule has 3 N–H and O–H groups in total. The van der Waals surface area contributed by atoms with Crippen LogP contribution in [0.4, 0.5) is 5.69 Å². The van der Waals surface area contributed by atoms with E-state index in [0.29, 0.717) is 11.3 Å². The summed E-state index contributed by atoms with van der Waals surface area (Å²) in [7, 11) is -3.36. The molecule has 8 heteroatoms. The zero-order valence-electron chi connectivity index (χ0n) is 12.7. The maximum Gasteiger partial charge on any atom is 0.251 e. The number of halogens is 1. The summed E-state index contributed by atoms with van der Waals surface area (Å²) in [6.07, 6.45) is 3.09. The SMILES string of the molecule is Cc1ccc(C(=O)N[C@H]2CCCNC2)cc1NS(C)(=O)=O.Cl. The summed E-state index contributed by atoms with van der Waals surface area (Å²) in [5.41, 5.74) is 1.67. The van der Waals surface area contributed by atoms with Crippen molar-refractivity contribution in [1.29, 1.82) is 0 Å². The zero-order valence-corrected chi connectivity index (χ0v) is 14.3. The number of rotatable bonds is 4. The number of benzene rings is 1. The lowest BCUT2D eigenvalue weighted by molar-refractivity contribution is 0.0930. The Kier molecular flexibility index (Phi) is 6.65. The fourth-order valence-corrected chi connectivity index (χ4v) is 2.94. The van der Waals surface area contributed by atoms with Crippen LogP contribution in [-0.4, -0.2) is 39.7 Å². The Morgan fingerprint density at radius 2 is 2.09 bits per heavy atom. The van der Waals surface area contributed by atoms with Crippen molar-refractivity contribution >= 4 is 34.0 Å². The number of hydrogen-bond acceptors (Lipinski definition) is 4. The van der Waals surface area contributed by atoms with Gasteiger partial charge in [-0.3, -0.25) is 9.52 Å². The molecule has 0 unspecified atom stereocenters. The predicted molar refractivity (Wildman–Crippen MR) is 90.3 cm³/mol. The van der Waals surface area contributed by atoms with Gasteiger partial charge in [-0.2, -0.15) is 0 Å². The Labute approximate surface area is 137 Å². The maximum absolute atomic E-state index is 12.2. The van der Waals surface area contributed by atoms with Crippen molar-refractivity contribution in [3.63, 3.8) is 0 Å². The molecule has 0 aliphatic carbocycles. The van der Waals surface area contributed by atoms with Gasteiger partial charge in [0.2, 0.25) is 10.0 Å². The number of piperidine rings is 1. The highest BCUT2D eigenvalue weighted by Crippen LogP contribution is 2.18. The van der Waals surface area contributed by atoms with E-state index in [4.69, 9.17) is 0 Å². The Morgan fingerprint density at radius 1 is 1.36 bits per heavy atom. The van der Waals surface area contributed by atoms with Gasteiger partial charge in [-0.1, -0.05) is 6.07 Å². The van der Waals surface area contributed by atoms with Gasteiger partial charge in [-0.05, 0) is 44.0 Å². The molecule has 1 heterocycles. The molecule has 22 heavy (non-hydrogen) atoms. The molecule has 2 rings (SSSR count). The first-order valence-electron chi connectivity index (χ1n) is 6.95. The zero-order chi connectivity index (χ0) is 15.5. The van der Waals surface area contributed by atoms with Crippen LogP contribution >= 0.6 is 12.4 Å². The van der Waals surface area contributed by atoms with E-state index in [-0.39, 0.29) is 24.4 Å². The molecule has 0 bridgehead atoms. The molecule has 1 aliphatic rings. The fourth-order valence-electron chi connectivity index (χ4n) is 2.32. The summed E-state index contributed by atoms with van der Waals surface area (Å²) >= 11 is 0. The van der Waals surface area contributed by atoms with Crippen molar-refractivity contribution in [1.82, 2.24) is 10.6 Å². The van der Waals surface area contributed by atoms with Gasteiger partial charge in [0, 0.05) is 18.2 Å². The molecule has 1 aliphatic heterocycles. The van der Waals surface area contributed by atoms with Crippen LogP contribution in [0.15, 0.2) is 18.2 Å². The van der Waals surface area contributed by atoms with E-state index < -0.39 is 10.0 Å². The van der Waals surface area contributed by atoms with Crippen LogP contribution in [-0.2, 0) is 10.0 Å². The first kappa shape index (κ1) is 18.7. The topological polar surface area (TPSA) is 87.3 Å². The second-order valence-electron chi connectivity index (χ2n) is 5.42. The standard InChI is InChI=1S/C14H21N3O3S.ClH/c1-10-5-6-11(8-13(10)17-21(2,19)20)14(18)16-12-4-3-7-15-9-12;/h5-6,8,12,15,17H,3-4,7,9H2,1-2H3,(H,16,18);1H/t12-;/m0./s1. The lowest BCUT2D eigenvalue weighted by Crippen LogP contribution is -2.45. The fraction of sp³-hybridized carbons (Fsp3) is 0.500. The summed E-state index contributed by atoms with van der Waals surface area (Å²) in [4.78, 5) is 12.2. The molecule has 124 valence electrons. The Bertz CT molecular complexity index is 628. The van der Waals surface area contributed by atoms with E-state index >= 15 is 0 Å². The van der Waals surface area contributed by atoms with Crippen molar-refractivity contribution in [2.75, 3.05) is 24.1 Å². The lowest BCUT2D eigenvalue weighted by Gasteiger charge is -2.24. The van der Waals surface area contributed by atoms with Gasteiger partial charge in [-0.25, -0.2) is 8.42 Å². The molecule has 0 radical (unpaired) electrons. The largest absolute Gasteiger partial charge is 0.348 e. The second-order valence-corrected chi connectivity index (χ2v) is 7.17. The molecule has 1 aromatic rings. The smallest absolute Gasteiger partial charge is 0.251 e. The third-order valence-corrected chi connectivity index (χ3v) is 4.02. The van der Waals surface area contributed by atoms with Crippen LogP contribution in [0.2, 0.25) is 0 Å². The van der Waals surface area contributed by atoms with E-state index in [1.54, 1.807) is 25.1 Å². The monoisotopic (exact) mass is 347 g/mol. The van der Waals surface area contributed by atoms with Gasteiger partial charge in [0.1, 0.15) is 0 Å². The van der Waals surface area contributed by atoms with Crippen LogP contribution in [0.3, 0.4) is 0 Å². The summed E-state index contributed by atoms with van der Waals surface area (Å²) in [6.45, 7) is 3.55. The molecule has 1 atom stereocenters. The van der Waals surface area contributed by atoms with Crippen molar-refractivity contribution in [3.05, 3.63) is 29.3 Å². The molecule has 1 aromatic carbocycles. The van der Waals surface area contributed by atoms with Crippen LogP contribution in [0.5, 0.6) is 0 Å². The summed E-state index contributed by atoms with van der Waals surface area (Å²) < 4.78 is 25.1. The average molecular weight is 348 g/mol. The number of carbonyl (C=O) groups excluding carboxylic acids is 1. The van der Waals surface area contributed by atoms with E-state index in [9.17, 15) is 13.2 Å². The Morgan fingerprint density at radius 3 is 2.68 bits per heavy atom. The molecule has 1 amide bonds. The molecular formula is C14H22ClN3O3S. The minimum atomic E-state index is -3.36. The predicted octanol–water partition coefficient (Wildman–Crippen LogP) is 1.27. The van der Waals surface area contributed by atoms with Gasteiger partial charge in [0.25, 0.3) is 5.91 Å². The minimum Gasteiger partial charge on any atom is -0.348 e. The summed E-state index contributed by atoms with van der Waals surface area (Å²) in [6, 6.07) is 5.14. The van der Waals surface area contributed by atoms with Gasteiger partial charge in [0.05, 0.1) is 11.9 Å². The van der Waals surface area contributed by atoms with Crippen molar-refractivity contribution in [2.45, 2.75) is 25.8 Å². The van der Waals surface area contributed by atoms with Gasteiger partial charge < -0.3 is 10.6 Å². The van der Waals surface area contributed by atoms with Crippen molar-refractivity contribution in [2.24, 2.45) is 0 Å². The molecular weight excluding hydrogens is 326 g/mol.